The topological polar surface area (TPSA) is 87.8 Å². The molecule has 1 aliphatic rings. The highest BCUT2D eigenvalue weighted by molar-refractivity contribution is 9.10. The molecule has 0 spiro atoms. The van der Waals surface area contributed by atoms with Crippen LogP contribution in [0.4, 0.5) is 4.79 Å². The molecule has 1 saturated heterocycles. The van der Waals surface area contributed by atoms with Crippen LogP contribution in [0.15, 0.2) is 59.5 Å². The smallest absolute Gasteiger partial charge is 0.419 e. The number of aromatic nitrogens is 3. The Morgan fingerprint density at radius 3 is 2.48 bits per heavy atom. The second-order valence-electron chi connectivity index (χ2n) is 11.7. The molecule has 0 saturated carbocycles. The van der Waals surface area contributed by atoms with Crippen LogP contribution in [0.1, 0.15) is 72.7 Å². The average Bonchev–Trinajstić information content (AvgIpc) is 3.60. The summed E-state index contributed by atoms with van der Waals surface area (Å²) in [6.07, 6.45) is 6.95. The van der Waals surface area contributed by atoms with E-state index in [0.717, 1.165) is 57.2 Å². The molecule has 0 radical (unpaired) electrons. The number of hydrogen-bond acceptors (Lipinski definition) is 7. The van der Waals surface area contributed by atoms with Crippen molar-refractivity contribution in [3.63, 3.8) is 0 Å². The minimum Gasteiger partial charge on any atom is -0.496 e. The first-order valence-corrected chi connectivity index (χ1v) is 14.8. The lowest BCUT2D eigenvalue weighted by molar-refractivity contribution is 0.0542. The first-order valence-electron chi connectivity index (χ1n) is 14.0. The summed E-state index contributed by atoms with van der Waals surface area (Å²) in [4.78, 5) is 27.6. The van der Waals surface area contributed by atoms with Gasteiger partial charge in [-0.05, 0) is 91.9 Å². The maximum atomic E-state index is 13.1. The predicted octanol–water partition coefficient (Wildman–Crippen LogP) is 7.07. The minimum atomic E-state index is -0.609. The molecule has 1 aliphatic heterocycles. The van der Waals surface area contributed by atoms with Crippen LogP contribution in [-0.2, 0) is 16.0 Å². The number of ether oxygens (including phenoxy) is 3. The number of aryl methyl sites for hydroxylation is 1. The van der Waals surface area contributed by atoms with Gasteiger partial charge in [0, 0.05) is 42.5 Å². The van der Waals surface area contributed by atoms with E-state index in [4.69, 9.17) is 14.2 Å². The standard InChI is InChI=1S/C32H37BrN4O5/c1-20-15-28(40-5)26(25-12-14-36(29(20)25)31(39)42-32(2,3)4)19-35-13-11-24(37-18-23(33)17-34-37)16-27(35)21-7-9-22(10-8-21)30(38)41-6/h7-10,12,14-15,17-18,24,27H,11,13,16,19H2,1-6H3/t24-,27-/m1/s1. The average molecular weight is 638 g/mol. The lowest BCUT2D eigenvalue weighted by atomic mass is 9.90. The number of fused-ring (bicyclic) bond motifs is 1. The van der Waals surface area contributed by atoms with Crippen molar-refractivity contribution in [2.45, 2.75) is 64.8 Å². The second-order valence-corrected chi connectivity index (χ2v) is 12.6. The molecule has 0 bridgehead atoms. The zero-order chi connectivity index (χ0) is 30.2. The molecule has 2 atom stereocenters. The van der Waals surface area contributed by atoms with Crippen molar-refractivity contribution in [1.82, 2.24) is 19.2 Å². The molecule has 10 heteroatoms. The zero-order valence-corrected chi connectivity index (χ0v) is 26.5. The molecule has 42 heavy (non-hydrogen) atoms. The normalized spacial score (nSPS) is 17.8. The van der Waals surface area contributed by atoms with Crippen LogP contribution in [0.25, 0.3) is 10.9 Å². The molecule has 5 rings (SSSR count). The van der Waals surface area contributed by atoms with Crippen molar-refractivity contribution in [1.29, 1.82) is 0 Å². The molecule has 2 aromatic carbocycles. The van der Waals surface area contributed by atoms with Crippen LogP contribution < -0.4 is 4.74 Å². The van der Waals surface area contributed by atoms with Crippen LogP contribution in [-0.4, -0.2) is 57.7 Å². The summed E-state index contributed by atoms with van der Waals surface area (Å²) in [5.41, 5.74) is 3.77. The summed E-state index contributed by atoms with van der Waals surface area (Å²) < 4.78 is 21.1. The maximum Gasteiger partial charge on any atom is 0.419 e. The number of halogens is 1. The van der Waals surface area contributed by atoms with E-state index in [1.807, 2.05) is 81.2 Å². The largest absolute Gasteiger partial charge is 0.496 e. The molecule has 9 nitrogen and oxygen atoms in total. The van der Waals surface area contributed by atoms with E-state index in [9.17, 15) is 9.59 Å². The molecule has 0 aliphatic carbocycles. The van der Waals surface area contributed by atoms with Gasteiger partial charge in [-0.2, -0.15) is 5.10 Å². The van der Waals surface area contributed by atoms with Gasteiger partial charge in [0.1, 0.15) is 11.4 Å². The molecule has 1 fully saturated rings. The zero-order valence-electron chi connectivity index (χ0n) is 24.9. The summed E-state index contributed by atoms with van der Waals surface area (Å²) in [6.45, 7) is 8.99. The molecule has 2 aromatic heterocycles. The van der Waals surface area contributed by atoms with Gasteiger partial charge in [0.25, 0.3) is 0 Å². The lowest BCUT2D eigenvalue weighted by Crippen LogP contribution is -2.37. The Morgan fingerprint density at radius 1 is 1.12 bits per heavy atom. The minimum absolute atomic E-state index is 0.0485. The third-order valence-electron chi connectivity index (χ3n) is 7.75. The number of piperidine rings is 1. The van der Waals surface area contributed by atoms with Gasteiger partial charge >= 0.3 is 12.1 Å². The molecule has 0 N–H and O–H groups in total. The fourth-order valence-corrected chi connectivity index (χ4v) is 6.12. The molecule has 4 aromatic rings. The first-order chi connectivity index (χ1) is 20.0. The van der Waals surface area contributed by atoms with E-state index in [2.05, 4.69) is 25.9 Å². The van der Waals surface area contributed by atoms with Gasteiger partial charge in [-0.25, -0.2) is 9.59 Å². The van der Waals surface area contributed by atoms with Crippen LogP contribution in [0.2, 0.25) is 0 Å². The number of rotatable bonds is 6. The predicted molar refractivity (Wildman–Crippen MR) is 164 cm³/mol. The van der Waals surface area contributed by atoms with E-state index >= 15 is 0 Å². The molecular weight excluding hydrogens is 600 g/mol. The SMILES string of the molecule is COC(=O)c1ccc([C@H]2C[C@H](n3cc(Br)cn3)CCN2Cc2c(OC)cc(C)c3c2ccn3C(=O)OC(C)(C)C)cc1. The lowest BCUT2D eigenvalue weighted by Gasteiger charge is -2.40. The highest BCUT2D eigenvalue weighted by Crippen LogP contribution is 2.41. The van der Waals surface area contributed by atoms with Crippen molar-refractivity contribution in [2.75, 3.05) is 20.8 Å². The van der Waals surface area contributed by atoms with Gasteiger partial charge < -0.3 is 14.2 Å². The van der Waals surface area contributed by atoms with Gasteiger partial charge in [0.05, 0.1) is 42.0 Å². The van der Waals surface area contributed by atoms with Crippen LogP contribution in [0.5, 0.6) is 5.75 Å². The van der Waals surface area contributed by atoms with Crippen molar-refractivity contribution in [2.24, 2.45) is 0 Å². The Morgan fingerprint density at radius 2 is 1.86 bits per heavy atom. The number of carbonyl (C=O) groups is 2. The number of benzene rings is 2. The Labute approximate surface area is 254 Å². The highest BCUT2D eigenvalue weighted by Gasteiger charge is 2.33. The van der Waals surface area contributed by atoms with Gasteiger partial charge in [0.15, 0.2) is 0 Å². The summed E-state index contributed by atoms with van der Waals surface area (Å²) in [6, 6.07) is 11.9. The van der Waals surface area contributed by atoms with Crippen molar-refractivity contribution >= 4 is 38.9 Å². The fraction of sp³-hybridized carbons (Fsp3) is 0.406. The summed E-state index contributed by atoms with van der Waals surface area (Å²) in [5.74, 6) is 0.419. The Hall–Kier alpha value is -3.63. The summed E-state index contributed by atoms with van der Waals surface area (Å²) in [7, 11) is 3.07. The van der Waals surface area contributed by atoms with Gasteiger partial charge in [-0.3, -0.25) is 14.1 Å². The van der Waals surface area contributed by atoms with E-state index in [1.165, 1.54) is 7.11 Å². The summed E-state index contributed by atoms with van der Waals surface area (Å²) in [5, 5.41) is 5.53. The fourth-order valence-electron chi connectivity index (χ4n) is 5.82. The number of likely N-dealkylation sites (tertiary alicyclic amines) is 1. The first kappa shape index (κ1) is 29.8. The highest BCUT2D eigenvalue weighted by atomic mass is 79.9. The number of hydrogen-bond donors (Lipinski definition) is 0. The van der Waals surface area contributed by atoms with E-state index < -0.39 is 11.7 Å². The molecular formula is C32H37BrN4O5. The number of methoxy groups -OCH3 is 2. The number of carbonyl (C=O) groups excluding carboxylic acids is 2. The van der Waals surface area contributed by atoms with Gasteiger partial charge in [0.2, 0.25) is 0 Å². The maximum absolute atomic E-state index is 13.1. The van der Waals surface area contributed by atoms with Gasteiger partial charge in [-0.1, -0.05) is 12.1 Å². The Bertz CT molecular complexity index is 1600. The van der Waals surface area contributed by atoms with E-state index in [-0.39, 0.29) is 18.1 Å². The monoisotopic (exact) mass is 636 g/mol. The van der Waals surface area contributed by atoms with Crippen molar-refractivity contribution in [3.05, 3.63) is 81.7 Å². The summed E-state index contributed by atoms with van der Waals surface area (Å²) >= 11 is 3.53. The van der Waals surface area contributed by atoms with E-state index in [1.54, 1.807) is 17.9 Å². The molecule has 0 unspecified atom stereocenters. The van der Waals surface area contributed by atoms with Gasteiger partial charge in [-0.15, -0.1) is 0 Å². The molecule has 222 valence electrons. The third-order valence-corrected chi connectivity index (χ3v) is 8.16. The van der Waals surface area contributed by atoms with Crippen LogP contribution in [0.3, 0.4) is 0 Å². The van der Waals surface area contributed by atoms with Crippen LogP contribution >= 0.6 is 15.9 Å². The quantitative estimate of drug-likeness (QED) is 0.209. The van der Waals surface area contributed by atoms with E-state index in [0.29, 0.717) is 12.1 Å². The van der Waals surface area contributed by atoms with Crippen LogP contribution in [0, 0.1) is 6.92 Å². The van der Waals surface area contributed by atoms with Crippen molar-refractivity contribution in [3.8, 4) is 5.75 Å². The molecule has 3 heterocycles. The van der Waals surface area contributed by atoms with Crippen molar-refractivity contribution < 1.29 is 23.8 Å². The second kappa shape index (κ2) is 11.9. The number of esters is 1. The third kappa shape index (κ3) is 6.10. The Balaban J connectivity index is 1.53. The Kier molecular flexibility index (Phi) is 8.48. The number of nitrogens with zero attached hydrogens (tertiary/aromatic N) is 4. The molecule has 0 amide bonds.